The van der Waals surface area contributed by atoms with Crippen molar-refractivity contribution >= 4 is 0 Å². The third kappa shape index (κ3) is 4.01. The maximum atomic E-state index is 12.9. The molecule has 0 aromatic heterocycles. The predicted octanol–water partition coefficient (Wildman–Crippen LogP) is 4.11. The summed E-state index contributed by atoms with van der Waals surface area (Å²) in [7, 11) is 0. The van der Waals surface area contributed by atoms with E-state index in [4.69, 9.17) is 15.2 Å². The molecule has 2 N–H and O–H groups in total. The average molecular weight is 291 g/mol. The Bertz CT molecular complexity index is 569. The fraction of sp³-hybridized carbons (Fsp3) is 0.250. The topological polar surface area (TPSA) is 52.9 Å². The van der Waals surface area contributed by atoms with Crippen LogP contribution in [-0.2, 0) is 0 Å². The van der Waals surface area contributed by atoms with Crippen LogP contribution in [0.3, 0.4) is 0 Å². The molecule has 0 saturated carbocycles. The van der Waals surface area contributed by atoms with Gasteiger partial charge in [0.05, 0.1) is 6.04 Å². The van der Waals surface area contributed by atoms with Gasteiger partial charge in [-0.2, -0.15) is 0 Å². The highest BCUT2D eigenvalue weighted by Crippen LogP contribution is 2.24. The van der Waals surface area contributed by atoms with Crippen molar-refractivity contribution in [1.29, 1.82) is 0 Å². The second-order valence-electron chi connectivity index (χ2n) is 4.88. The second kappa shape index (κ2) is 6.67. The smallest absolute Gasteiger partial charge is 0.123 e. The quantitative estimate of drug-likeness (QED) is 0.814. The first-order valence-corrected chi connectivity index (χ1v) is 6.66. The third-order valence-electron chi connectivity index (χ3n) is 3.36. The number of benzene rings is 2. The van der Waals surface area contributed by atoms with Crippen LogP contribution in [0.2, 0.25) is 0 Å². The summed E-state index contributed by atoms with van der Waals surface area (Å²) >= 11 is 0. The first-order chi connectivity index (χ1) is 9.97. The summed E-state index contributed by atoms with van der Waals surface area (Å²) in [5.41, 5.74) is 1.63. The molecule has 21 heavy (non-hydrogen) atoms. The normalized spacial score (nSPS) is 14.0. The fourth-order valence-electron chi connectivity index (χ4n) is 1.96. The van der Waals surface area contributed by atoms with Crippen molar-refractivity contribution in [2.24, 2.45) is 0 Å². The lowest BCUT2D eigenvalue weighted by atomic mass is 10.1. The van der Waals surface area contributed by atoms with Crippen LogP contribution in [0.15, 0.2) is 48.5 Å². The molecule has 0 spiro atoms. The molecular weight excluding hydrogens is 273 g/mol. The lowest BCUT2D eigenvalue weighted by Crippen LogP contribution is -2.18. The molecule has 0 heterocycles. The Morgan fingerprint density at radius 2 is 1.43 bits per heavy atom. The zero-order chi connectivity index (χ0) is 15.4. The van der Waals surface area contributed by atoms with E-state index in [0.29, 0.717) is 5.75 Å². The Labute approximate surface area is 122 Å². The summed E-state index contributed by atoms with van der Waals surface area (Å²) in [4.78, 5) is 0. The molecule has 0 saturated heterocycles. The van der Waals surface area contributed by atoms with Crippen LogP contribution >= 0.6 is 0 Å². The van der Waals surface area contributed by atoms with Crippen molar-refractivity contribution in [3.63, 3.8) is 0 Å². The van der Waals surface area contributed by atoms with E-state index in [1.54, 1.807) is 43.3 Å². The Kier molecular flexibility index (Phi) is 4.90. The van der Waals surface area contributed by atoms with E-state index in [1.807, 2.05) is 6.92 Å². The molecule has 0 aliphatic carbocycles. The molecule has 2 aromatic carbocycles. The van der Waals surface area contributed by atoms with Gasteiger partial charge in [-0.3, -0.25) is 10.4 Å². The lowest BCUT2D eigenvalue weighted by molar-refractivity contribution is -0.331. The Balaban J connectivity index is 2.04. The minimum Gasteiger partial charge on any atom is -0.486 e. The van der Waals surface area contributed by atoms with Crippen LogP contribution in [0.1, 0.15) is 37.1 Å². The molecular formula is C16H18FNO3. The van der Waals surface area contributed by atoms with Crippen molar-refractivity contribution in [2.75, 3.05) is 0 Å². The van der Waals surface area contributed by atoms with Crippen LogP contribution in [-0.4, -0.2) is 15.6 Å². The summed E-state index contributed by atoms with van der Waals surface area (Å²) < 4.78 is 18.7. The van der Waals surface area contributed by atoms with E-state index in [2.05, 4.69) is 0 Å². The molecule has 5 heteroatoms. The van der Waals surface area contributed by atoms with Crippen LogP contribution in [0.5, 0.6) is 5.75 Å². The summed E-state index contributed by atoms with van der Waals surface area (Å²) in [5.74, 6) is 0.382. The molecule has 0 fully saturated rings. The lowest BCUT2D eigenvalue weighted by Gasteiger charge is -2.18. The molecule has 112 valence electrons. The molecule has 4 nitrogen and oxygen atoms in total. The van der Waals surface area contributed by atoms with Gasteiger partial charge < -0.3 is 4.74 Å². The monoisotopic (exact) mass is 291 g/mol. The van der Waals surface area contributed by atoms with E-state index >= 15 is 0 Å². The molecule has 2 aromatic rings. The van der Waals surface area contributed by atoms with Gasteiger partial charge in [-0.05, 0) is 49.2 Å². The van der Waals surface area contributed by atoms with Crippen LogP contribution in [0.4, 0.5) is 4.39 Å². The second-order valence-corrected chi connectivity index (χ2v) is 4.88. The van der Waals surface area contributed by atoms with Crippen molar-refractivity contribution in [3.05, 3.63) is 65.5 Å². The van der Waals surface area contributed by atoms with Crippen molar-refractivity contribution in [2.45, 2.75) is 26.0 Å². The molecule has 0 radical (unpaired) electrons. The zero-order valence-electron chi connectivity index (χ0n) is 11.9. The van der Waals surface area contributed by atoms with Gasteiger partial charge in [0, 0.05) is 0 Å². The highest BCUT2D eigenvalue weighted by Gasteiger charge is 2.12. The molecule has 2 rings (SSSR count). The number of hydroxylamine groups is 2. The third-order valence-corrected chi connectivity index (χ3v) is 3.36. The highest BCUT2D eigenvalue weighted by atomic mass is 19.1. The number of halogens is 1. The first-order valence-electron chi connectivity index (χ1n) is 6.66. The minimum absolute atomic E-state index is 0.164. The van der Waals surface area contributed by atoms with Crippen LogP contribution in [0.25, 0.3) is 0 Å². The summed E-state index contributed by atoms with van der Waals surface area (Å²) in [6.07, 6.45) is -0.207. The Morgan fingerprint density at radius 3 is 1.95 bits per heavy atom. The average Bonchev–Trinajstić information content (AvgIpc) is 2.47. The standard InChI is InChI=1S/C16H18FNO3/c1-11(18(19)20)13-5-9-16(10-6-13)21-12(2)14-3-7-15(17)8-4-14/h3-12,19-20H,1-2H3. The molecule has 0 amide bonds. The van der Waals surface area contributed by atoms with Gasteiger partial charge in [-0.25, -0.2) is 4.39 Å². The number of ether oxygens (including phenoxy) is 1. The largest absolute Gasteiger partial charge is 0.486 e. The predicted molar refractivity (Wildman–Crippen MR) is 75.7 cm³/mol. The summed E-state index contributed by atoms with van der Waals surface area (Å²) in [6.45, 7) is 3.55. The SMILES string of the molecule is CC(Oc1ccc(C(C)N(O)O)cc1)c1ccc(F)cc1. The van der Waals surface area contributed by atoms with E-state index in [0.717, 1.165) is 11.1 Å². The van der Waals surface area contributed by atoms with E-state index in [9.17, 15) is 4.39 Å². The van der Waals surface area contributed by atoms with Crippen LogP contribution in [0, 0.1) is 5.82 Å². The van der Waals surface area contributed by atoms with Gasteiger partial charge in [0.2, 0.25) is 0 Å². The molecule has 2 atom stereocenters. The van der Waals surface area contributed by atoms with Gasteiger partial charge >= 0.3 is 0 Å². The molecule has 0 bridgehead atoms. The molecule has 2 unspecified atom stereocenters. The van der Waals surface area contributed by atoms with Gasteiger partial charge in [-0.1, -0.05) is 29.5 Å². The van der Waals surface area contributed by atoms with Gasteiger partial charge in [0.15, 0.2) is 0 Å². The maximum Gasteiger partial charge on any atom is 0.123 e. The summed E-state index contributed by atoms with van der Waals surface area (Å²) in [6, 6.07) is 12.7. The Hall–Kier alpha value is -1.95. The summed E-state index contributed by atoms with van der Waals surface area (Å²) in [5, 5.41) is 18.1. The van der Waals surface area contributed by atoms with Crippen molar-refractivity contribution in [3.8, 4) is 5.75 Å². The number of hydrogen-bond donors (Lipinski definition) is 2. The van der Waals surface area contributed by atoms with E-state index < -0.39 is 6.04 Å². The maximum absolute atomic E-state index is 12.9. The molecule has 0 aliphatic heterocycles. The zero-order valence-corrected chi connectivity index (χ0v) is 11.9. The van der Waals surface area contributed by atoms with Crippen molar-refractivity contribution in [1.82, 2.24) is 5.23 Å². The Morgan fingerprint density at radius 1 is 0.905 bits per heavy atom. The van der Waals surface area contributed by atoms with Gasteiger partial charge in [0.1, 0.15) is 17.7 Å². The number of hydrogen-bond acceptors (Lipinski definition) is 4. The van der Waals surface area contributed by atoms with Crippen LogP contribution < -0.4 is 4.74 Å². The first kappa shape index (κ1) is 15.4. The van der Waals surface area contributed by atoms with Gasteiger partial charge in [-0.15, -0.1) is 0 Å². The number of nitrogens with zero attached hydrogens (tertiary/aromatic N) is 1. The molecule has 0 aliphatic rings. The van der Waals surface area contributed by atoms with E-state index in [1.165, 1.54) is 12.1 Å². The number of rotatable bonds is 5. The van der Waals surface area contributed by atoms with Gasteiger partial charge in [0.25, 0.3) is 0 Å². The highest BCUT2D eigenvalue weighted by molar-refractivity contribution is 5.30. The fourth-order valence-corrected chi connectivity index (χ4v) is 1.96. The van der Waals surface area contributed by atoms with E-state index in [-0.39, 0.29) is 17.1 Å². The van der Waals surface area contributed by atoms with Crippen molar-refractivity contribution < 1.29 is 19.5 Å². The minimum atomic E-state index is -0.520.